The van der Waals surface area contributed by atoms with Crippen molar-refractivity contribution in [1.29, 1.82) is 0 Å². The molecule has 2 atom stereocenters. The van der Waals surface area contributed by atoms with E-state index >= 15 is 0 Å². The quantitative estimate of drug-likeness (QED) is 0.911. The van der Waals surface area contributed by atoms with Gasteiger partial charge in [0.15, 0.2) is 0 Å². The maximum atomic E-state index is 6.10. The fourth-order valence-electron chi connectivity index (χ4n) is 3.10. The van der Waals surface area contributed by atoms with Gasteiger partial charge in [-0.1, -0.05) is 13.8 Å². The van der Waals surface area contributed by atoms with Crippen LogP contribution in [0, 0.1) is 25.7 Å². The van der Waals surface area contributed by atoms with Gasteiger partial charge < -0.3 is 10.5 Å². The molecule has 1 aromatic rings. The molecule has 4 heteroatoms. The van der Waals surface area contributed by atoms with Crippen molar-refractivity contribution in [3.63, 3.8) is 0 Å². The summed E-state index contributed by atoms with van der Waals surface area (Å²) in [7, 11) is 0. The van der Waals surface area contributed by atoms with Crippen molar-refractivity contribution in [2.24, 2.45) is 17.6 Å². The lowest BCUT2D eigenvalue weighted by atomic mass is 9.82. The Morgan fingerprint density at radius 2 is 1.74 bits per heavy atom. The molecule has 2 unspecified atom stereocenters. The van der Waals surface area contributed by atoms with Gasteiger partial charge in [0.05, 0.1) is 5.69 Å². The highest BCUT2D eigenvalue weighted by molar-refractivity contribution is 5.35. The van der Waals surface area contributed by atoms with Crippen LogP contribution >= 0.6 is 0 Å². The van der Waals surface area contributed by atoms with E-state index in [9.17, 15) is 0 Å². The first kappa shape index (κ1) is 14.3. The van der Waals surface area contributed by atoms with Gasteiger partial charge in [0.1, 0.15) is 6.10 Å². The summed E-state index contributed by atoms with van der Waals surface area (Å²) in [4.78, 5) is 0. The van der Waals surface area contributed by atoms with E-state index < -0.39 is 0 Å². The summed E-state index contributed by atoms with van der Waals surface area (Å²) in [5.74, 6) is 2.07. The largest absolute Gasteiger partial charge is 0.473 e. The number of rotatable bonds is 3. The molecule has 1 saturated carbocycles. The summed E-state index contributed by atoms with van der Waals surface area (Å²) in [5.41, 5.74) is 8.86. The van der Waals surface area contributed by atoms with Gasteiger partial charge in [-0.15, -0.1) is 5.10 Å². The summed E-state index contributed by atoms with van der Waals surface area (Å²) in [6.07, 6.45) is 3.74. The molecule has 0 aromatic carbocycles. The molecule has 0 bridgehead atoms. The van der Waals surface area contributed by atoms with E-state index in [0.717, 1.165) is 41.5 Å². The highest BCUT2D eigenvalue weighted by Gasteiger charge is 2.26. The number of hydrogen-bond acceptors (Lipinski definition) is 4. The van der Waals surface area contributed by atoms with Crippen molar-refractivity contribution in [2.45, 2.75) is 59.6 Å². The normalized spacial score (nSPS) is 27.3. The minimum atomic E-state index is 0.250. The highest BCUT2D eigenvalue weighted by Crippen LogP contribution is 2.32. The summed E-state index contributed by atoms with van der Waals surface area (Å²) in [6, 6.07) is 0. The molecule has 1 aliphatic rings. The molecule has 0 amide bonds. The Bertz CT molecular complexity index is 437. The maximum absolute atomic E-state index is 6.10. The summed E-state index contributed by atoms with van der Waals surface area (Å²) >= 11 is 0. The van der Waals surface area contributed by atoms with Gasteiger partial charge in [-0.2, -0.15) is 5.10 Å². The van der Waals surface area contributed by atoms with E-state index in [1.807, 2.05) is 13.8 Å². The zero-order chi connectivity index (χ0) is 14.0. The van der Waals surface area contributed by atoms with E-state index in [2.05, 4.69) is 24.0 Å². The fourth-order valence-corrected chi connectivity index (χ4v) is 3.10. The van der Waals surface area contributed by atoms with Crippen LogP contribution in [0.15, 0.2) is 0 Å². The standard InChI is InChI=1S/C15H25N3O/c1-9-5-10(2)7-13(6-9)19-15-14(8-16)11(3)12(4)17-18-15/h9-10,13H,5-8,16H2,1-4H3. The minimum Gasteiger partial charge on any atom is -0.473 e. The van der Waals surface area contributed by atoms with Gasteiger partial charge in [-0.25, -0.2) is 0 Å². The molecule has 0 radical (unpaired) electrons. The third kappa shape index (κ3) is 3.24. The summed E-state index contributed by atoms with van der Waals surface area (Å²) in [6.45, 7) is 9.03. The van der Waals surface area contributed by atoms with Gasteiger partial charge in [0, 0.05) is 12.1 Å². The average molecular weight is 263 g/mol. The molecule has 19 heavy (non-hydrogen) atoms. The van der Waals surface area contributed by atoms with Crippen LogP contribution in [-0.4, -0.2) is 16.3 Å². The molecule has 0 saturated heterocycles. The Morgan fingerprint density at radius 3 is 2.32 bits per heavy atom. The van der Waals surface area contributed by atoms with Crippen molar-refractivity contribution in [1.82, 2.24) is 10.2 Å². The van der Waals surface area contributed by atoms with E-state index in [1.54, 1.807) is 0 Å². The van der Waals surface area contributed by atoms with Gasteiger partial charge in [0.2, 0.25) is 5.88 Å². The molecule has 2 rings (SSSR count). The number of ether oxygens (including phenoxy) is 1. The minimum absolute atomic E-state index is 0.250. The lowest BCUT2D eigenvalue weighted by Gasteiger charge is -2.31. The van der Waals surface area contributed by atoms with Gasteiger partial charge in [-0.05, 0) is 50.5 Å². The molecule has 2 N–H and O–H groups in total. The Labute approximate surface area is 115 Å². The van der Waals surface area contributed by atoms with E-state index in [4.69, 9.17) is 10.5 Å². The lowest BCUT2D eigenvalue weighted by molar-refractivity contribution is 0.0945. The van der Waals surface area contributed by atoms with Crippen molar-refractivity contribution in [3.8, 4) is 5.88 Å². The second kappa shape index (κ2) is 5.87. The van der Waals surface area contributed by atoms with Gasteiger partial charge in [-0.3, -0.25) is 0 Å². The maximum Gasteiger partial charge on any atom is 0.238 e. The van der Waals surface area contributed by atoms with Crippen LogP contribution < -0.4 is 10.5 Å². The monoisotopic (exact) mass is 263 g/mol. The molecular formula is C15H25N3O. The smallest absolute Gasteiger partial charge is 0.238 e. The number of hydrogen-bond donors (Lipinski definition) is 1. The van der Waals surface area contributed by atoms with Crippen LogP contribution in [0.5, 0.6) is 5.88 Å². The molecule has 106 valence electrons. The van der Waals surface area contributed by atoms with Crippen molar-refractivity contribution < 1.29 is 4.74 Å². The molecule has 0 spiro atoms. The van der Waals surface area contributed by atoms with Crippen molar-refractivity contribution in [3.05, 3.63) is 16.8 Å². The molecule has 4 nitrogen and oxygen atoms in total. The van der Waals surface area contributed by atoms with Crippen molar-refractivity contribution >= 4 is 0 Å². The third-order valence-electron chi connectivity index (χ3n) is 4.16. The molecule has 1 aliphatic carbocycles. The molecule has 1 heterocycles. The van der Waals surface area contributed by atoms with Crippen LogP contribution in [0.25, 0.3) is 0 Å². The lowest BCUT2D eigenvalue weighted by Crippen LogP contribution is -2.29. The first-order valence-corrected chi connectivity index (χ1v) is 7.20. The number of aromatic nitrogens is 2. The second-order valence-electron chi connectivity index (χ2n) is 6.06. The zero-order valence-corrected chi connectivity index (χ0v) is 12.4. The van der Waals surface area contributed by atoms with E-state index in [1.165, 1.54) is 6.42 Å². The average Bonchev–Trinajstić information content (AvgIpc) is 2.33. The Hall–Kier alpha value is -1.16. The Balaban J connectivity index is 2.17. The zero-order valence-electron chi connectivity index (χ0n) is 12.4. The Morgan fingerprint density at radius 1 is 1.11 bits per heavy atom. The van der Waals surface area contributed by atoms with Gasteiger partial charge >= 0.3 is 0 Å². The first-order valence-electron chi connectivity index (χ1n) is 7.20. The SMILES string of the molecule is Cc1nnc(OC2CC(C)CC(C)C2)c(CN)c1C. The topological polar surface area (TPSA) is 61.0 Å². The van der Waals surface area contributed by atoms with Crippen LogP contribution in [0.1, 0.15) is 49.9 Å². The summed E-state index contributed by atoms with van der Waals surface area (Å²) in [5, 5.41) is 8.36. The van der Waals surface area contributed by atoms with E-state index in [0.29, 0.717) is 12.4 Å². The molecule has 1 fully saturated rings. The van der Waals surface area contributed by atoms with Crippen LogP contribution in [0.3, 0.4) is 0 Å². The van der Waals surface area contributed by atoms with Crippen molar-refractivity contribution in [2.75, 3.05) is 0 Å². The first-order chi connectivity index (χ1) is 9.01. The van der Waals surface area contributed by atoms with E-state index in [-0.39, 0.29) is 6.10 Å². The van der Waals surface area contributed by atoms with Gasteiger partial charge in [0.25, 0.3) is 0 Å². The van der Waals surface area contributed by atoms with Crippen LogP contribution in [0.2, 0.25) is 0 Å². The summed E-state index contributed by atoms with van der Waals surface area (Å²) < 4.78 is 6.10. The molecular weight excluding hydrogens is 238 g/mol. The predicted molar refractivity (Wildman–Crippen MR) is 76.0 cm³/mol. The number of nitrogens with two attached hydrogens (primary N) is 1. The molecule has 1 aromatic heterocycles. The highest BCUT2D eigenvalue weighted by atomic mass is 16.5. The molecule has 0 aliphatic heterocycles. The number of nitrogens with zero attached hydrogens (tertiary/aromatic N) is 2. The predicted octanol–water partition coefficient (Wildman–Crippen LogP) is 2.76. The number of aryl methyl sites for hydroxylation is 1. The Kier molecular flexibility index (Phi) is 4.40. The second-order valence-corrected chi connectivity index (χ2v) is 6.06. The third-order valence-corrected chi connectivity index (χ3v) is 4.16. The van der Waals surface area contributed by atoms with Crippen LogP contribution in [0.4, 0.5) is 0 Å². The van der Waals surface area contributed by atoms with Crippen LogP contribution in [-0.2, 0) is 6.54 Å². The fraction of sp³-hybridized carbons (Fsp3) is 0.733.